The van der Waals surface area contributed by atoms with Crippen molar-refractivity contribution in [3.63, 3.8) is 0 Å². The van der Waals surface area contributed by atoms with Crippen molar-refractivity contribution in [3.05, 3.63) is 0 Å². The van der Waals surface area contributed by atoms with Gasteiger partial charge in [0.1, 0.15) is 0 Å². The number of carbonyl (C=O) groups is 2. The van der Waals surface area contributed by atoms with Crippen molar-refractivity contribution in [1.29, 1.82) is 0 Å². The smallest absolute Gasteiger partial charge is 0.321 e. The van der Waals surface area contributed by atoms with Gasteiger partial charge in [0.2, 0.25) is 5.91 Å². The van der Waals surface area contributed by atoms with Crippen molar-refractivity contribution in [1.82, 2.24) is 15.5 Å². The molecule has 7 heteroatoms. The van der Waals surface area contributed by atoms with E-state index in [-0.39, 0.29) is 30.3 Å². The molecule has 118 valence electrons. The van der Waals surface area contributed by atoms with Crippen LogP contribution in [0.5, 0.6) is 0 Å². The zero-order valence-corrected chi connectivity index (χ0v) is 13.4. The Kier molecular flexibility index (Phi) is 8.08. The van der Waals surface area contributed by atoms with Crippen LogP contribution in [0.1, 0.15) is 27.2 Å². The normalized spacial score (nSPS) is 22.4. The first kappa shape index (κ1) is 19.1. The van der Waals surface area contributed by atoms with Crippen LogP contribution in [-0.2, 0) is 4.79 Å². The molecule has 1 fully saturated rings. The van der Waals surface area contributed by atoms with E-state index in [1.165, 1.54) is 0 Å². The van der Waals surface area contributed by atoms with E-state index in [0.29, 0.717) is 19.0 Å². The molecule has 1 rings (SSSR count). The third-order valence-corrected chi connectivity index (χ3v) is 3.42. The zero-order valence-electron chi connectivity index (χ0n) is 12.6. The highest BCUT2D eigenvalue weighted by atomic mass is 35.5. The lowest BCUT2D eigenvalue weighted by atomic mass is 9.90. The van der Waals surface area contributed by atoms with Gasteiger partial charge in [-0.3, -0.25) is 15.0 Å². The van der Waals surface area contributed by atoms with Gasteiger partial charge in [0.25, 0.3) is 0 Å². The maximum atomic E-state index is 11.7. The van der Waals surface area contributed by atoms with E-state index in [1.54, 1.807) is 0 Å². The number of nitrogens with zero attached hydrogens (tertiary/aromatic N) is 1. The van der Waals surface area contributed by atoms with E-state index in [9.17, 15) is 9.59 Å². The lowest BCUT2D eigenvalue weighted by Crippen LogP contribution is -2.45. The van der Waals surface area contributed by atoms with Crippen LogP contribution >= 0.6 is 12.4 Å². The Morgan fingerprint density at radius 1 is 1.40 bits per heavy atom. The van der Waals surface area contributed by atoms with Gasteiger partial charge in [0.05, 0.1) is 6.54 Å². The molecule has 1 aliphatic heterocycles. The molecule has 1 aliphatic rings. The summed E-state index contributed by atoms with van der Waals surface area (Å²) >= 11 is 0. The van der Waals surface area contributed by atoms with Crippen molar-refractivity contribution in [2.45, 2.75) is 27.2 Å². The maximum absolute atomic E-state index is 11.7. The Bertz CT molecular complexity index is 338. The molecule has 1 heterocycles. The highest BCUT2D eigenvalue weighted by Crippen LogP contribution is 2.27. The Morgan fingerprint density at radius 2 is 2.05 bits per heavy atom. The summed E-state index contributed by atoms with van der Waals surface area (Å²) in [6, 6.07) is -0.417. The van der Waals surface area contributed by atoms with Crippen molar-refractivity contribution in [2.75, 3.05) is 32.7 Å². The minimum absolute atomic E-state index is 0. The topological polar surface area (TPSA) is 87.5 Å². The van der Waals surface area contributed by atoms with Crippen LogP contribution in [0.4, 0.5) is 4.79 Å². The molecule has 0 saturated carbocycles. The summed E-state index contributed by atoms with van der Waals surface area (Å²) in [4.78, 5) is 25.2. The Labute approximate surface area is 127 Å². The number of nitrogens with two attached hydrogens (primary N) is 1. The fourth-order valence-electron chi connectivity index (χ4n) is 2.14. The summed E-state index contributed by atoms with van der Waals surface area (Å²) in [5, 5.41) is 5.00. The predicted molar refractivity (Wildman–Crippen MR) is 81.8 cm³/mol. The lowest BCUT2D eigenvalue weighted by molar-refractivity contribution is -0.121. The quantitative estimate of drug-likeness (QED) is 0.692. The number of hydrogen-bond acceptors (Lipinski definition) is 4. The first-order valence-electron chi connectivity index (χ1n) is 6.85. The third-order valence-electron chi connectivity index (χ3n) is 3.42. The van der Waals surface area contributed by atoms with E-state index >= 15 is 0 Å². The molecule has 1 atom stereocenters. The molecule has 0 aromatic heterocycles. The Balaban J connectivity index is 0.00000361. The summed E-state index contributed by atoms with van der Waals surface area (Å²) in [6.07, 6.45) is 0.996. The second kappa shape index (κ2) is 8.44. The number of halogens is 1. The molecule has 20 heavy (non-hydrogen) atoms. The molecule has 0 spiro atoms. The van der Waals surface area contributed by atoms with Crippen LogP contribution in [0.15, 0.2) is 0 Å². The van der Waals surface area contributed by atoms with Crippen molar-refractivity contribution in [2.24, 2.45) is 17.1 Å². The average molecular weight is 307 g/mol. The molecule has 0 aromatic carbocycles. The highest BCUT2D eigenvalue weighted by Gasteiger charge is 2.33. The van der Waals surface area contributed by atoms with Gasteiger partial charge in [-0.15, -0.1) is 12.4 Å². The number of likely N-dealkylation sites (tertiary alicyclic amines) is 1. The van der Waals surface area contributed by atoms with E-state index in [4.69, 9.17) is 5.73 Å². The SMILES string of the molecule is CC(C)CNC(=O)NC(=O)CN1CCC(C)(CN)C1.Cl. The minimum Gasteiger partial charge on any atom is -0.338 e. The highest BCUT2D eigenvalue weighted by molar-refractivity contribution is 5.95. The number of carbonyl (C=O) groups excluding carboxylic acids is 2. The van der Waals surface area contributed by atoms with E-state index in [0.717, 1.165) is 19.5 Å². The van der Waals surface area contributed by atoms with E-state index in [1.807, 2.05) is 18.7 Å². The molecule has 0 radical (unpaired) electrons. The van der Waals surface area contributed by atoms with Gasteiger partial charge in [0, 0.05) is 13.1 Å². The predicted octanol–water partition coefficient (Wildman–Crippen LogP) is 0.561. The van der Waals surface area contributed by atoms with Crippen LogP contribution in [0, 0.1) is 11.3 Å². The van der Waals surface area contributed by atoms with Gasteiger partial charge in [-0.2, -0.15) is 0 Å². The molecule has 0 aromatic rings. The summed E-state index contributed by atoms with van der Waals surface area (Å²) in [5.74, 6) is 0.104. The number of imide groups is 1. The molecule has 0 bridgehead atoms. The number of rotatable bonds is 5. The first-order valence-corrected chi connectivity index (χ1v) is 6.85. The summed E-state index contributed by atoms with van der Waals surface area (Å²) in [6.45, 7) is 9.23. The van der Waals surface area contributed by atoms with Crippen molar-refractivity contribution in [3.8, 4) is 0 Å². The summed E-state index contributed by atoms with van der Waals surface area (Å²) in [5.41, 5.74) is 5.82. The van der Waals surface area contributed by atoms with Gasteiger partial charge in [-0.05, 0) is 30.8 Å². The fourth-order valence-corrected chi connectivity index (χ4v) is 2.14. The van der Waals surface area contributed by atoms with Gasteiger partial charge in [0.15, 0.2) is 0 Å². The van der Waals surface area contributed by atoms with Gasteiger partial charge < -0.3 is 11.1 Å². The number of nitrogens with one attached hydrogen (secondary N) is 2. The Morgan fingerprint density at radius 3 is 2.55 bits per heavy atom. The number of urea groups is 1. The molecule has 3 amide bonds. The van der Waals surface area contributed by atoms with E-state index < -0.39 is 6.03 Å². The number of amides is 3. The maximum Gasteiger partial charge on any atom is 0.321 e. The molecular weight excluding hydrogens is 280 g/mol. The van der Waals surface area contributed by atoms with Crippen LogP contribution in [0.25, 0.3) is 0 Å². The van der Waals surface area contributed by atoms with Gasteiger partial charge in [-0.25, -0.2) is 4.79 Å². The minimum atomic E-state index is -0.417. The summed E-state index contributed by atoms with van der Waals surface area (Å²) in [7, 11) is 0. The zero-order chi connectivity index (χ0) is 14.5. The van der Waals surface area contributed by atoms with Crippen LogP contribution in [0.3, 0.4) is 0 Å². The second-order valence-electron chi connectivity index (χ2n) is 6.13. The van der Waals surface area contributed by atoms with Crippen molar-refractivity contribution < 1.29 is 9.59 Å². The largest absolute Gasteiger partial charge is 0.338 e. The number of hydrogen-bond donors (Lipinski definition) is 3. The molecule has 4 N–H and O–H groups in total. The summed E-state index contributed by atoms with van der Waals surface area (Å²) < 4.78 is 0. The van der Waals surface area contributed by atoms with Crippen LogP contribution in [0.2, 0.25) is 0 Å². The van der Waals surface area contributed by atoms with Gasteiger partial charge >= 0.3 is 6.03 Å². The molecule has 1 unspecified atom stereocenters. The van der Waals surface area contributed by atoms with Crippen LogP contribution in [-0.4, -0.2) is 49.6 Å². The second-order valence-corrected chi connectivity index (χ2v) is 6.13. The molecular formula is C13H27ClN4O2. The fraction of sp³-hybridized carbons (Fsp3) is 0.846. The van der Waals surface area contributed by atoms with E-state index in [2.05, 4.69) is 17.6 Å². The average Bonchev–Trinajstić information content (AvgIpc) is 2.69. The first-order chi connectivity index (χ1) is 8.84. The Hall–Kier alpha value is -0.850. The molecule has 0 aliphatic carbocycles. The third kappa shape index (κ3) is 6.54. The van der Waals surface area contributed by atoms with Crippen molar-refractivity contribution >= 4 is 24.3 Å². The molecule has 1 saturated heterocycles. The lowest BCUT2D eigenvalue weighted by Gasteiger charge is -2.22. The monoisotopic (exact) mass is 306 g/mol. The molecule has 6 nitrogen and oxygen atoms in total. The van der Waals surface area contributed by atoms with Gasteiger partial charge in [-0.1, -0.05) is 20.8 Å². The van der Waals surface area contributed by atoms with Crippen LogP contribution < -0.4 is 16.4 Å². The standard InChI is InChI=1S/C13H26N4O2.ClH/c1-10(2)6-15-12(19)16-11(18)7-17-5-4-13(3,8-14)9-17;/h10H,4-9,14H2,1-3H3,(H2,15,16,18,19);1H.